The SMILES string of the molecule is CC(=O)Oc1c(C)cc(C[n+]2ccn(C[C@]3(c4ccc(Cl)cc4Cl)OC[C@H](COc4ccc(N5CCN(C(C)=O)CC5)cc4)O3)c2)cc1C. The van der Waals surface area contributed by atoms with Crippen molar-refractivity contribution in [3.63, 3.8) is 0 Å². The molecule has 0 unspecified atom stereocenters. The lowest BCUT2D eigenvalue weighted by molar-refractivity contribution is -0.688. The molecule has 6 rings (SSSR count). The van der Waals surface area contributed by atoms with Crippen molar-refractivity contribution < 1.29 is 33.1 Å². The van der Waals surface area contributed by atoms with E-state index in [1.54, 1.807) is 19.1 Å². The number of piperazine rings is 1. The van der Waals surface area contributed by atoms with Crippen LogP contribution in [0.25, 0.3) is 0 Å². The monoisotopic (exact) mass is 707 g/mol. The molecule has 3 aromatic carbocycles. The number of esters is 1. The lowest BCUT2D eigenvalue weighted by Gasteiger charge is -2.35. The highest BCUT2D eigenvalue weighted by Gasteiger charge is 2.47. The molecule has 2 aliphatic heterocycles. The van der Waals surface area contributed by atoms with Gasteiger partial charge in [-0.25, -0.2) is 9.13 Å². The number of benzene rings is 3. The topological polar surface area (TPSA) is 86.4 Å². The van der Waals surface area contributed by atoms with Gasteiger partial charge < -0.3 is 28.7 Å². The second-order valence-electron chi connectivity index (χ2n) is 12.6. The molecule has 4 aromatic rings. The van der Waals surface area contributed by atoms with Crippen LogP contribution in [-0.2, 0) is 37.9 Å². The van der Waals surface area contributed by atoms with Gasteiger partial charge in [0.25, 0.3) is 0 Å². The third-order valence-corrected chi connectivity index (χ3v) is 9.38. The first-order valence-electron chi connectivity index (χ1n) is 16.3. The zero-order chi connectivity index (χ0) is 34.7. The normalized spacial score (nSPS) is 19.3. The van der Waals surface area contributed by atoms with Crippen LogP contribution in [0.2, 0.25) is 10.0 Å². The predicted octanol–water partition coefficient (Wildman–Crippen LogP) is 5.69. The number of carbonyl (C=O) groups is 2. The van der Waals surface area contributed by atoms with E-state index in [4.69, 9.17) is 42.1 Å². The first kappa shape index (κ1) is 34.8. The van der Waals surface area contributed by atoms with Crippen molar-refractivity contribution in [3.8, 4) is 11.5 Å². The number of halogens is 2. The Morgan fingerprint density at radius 1 is 0.980 bits per heavy atom. The van der Waals surface area contributed by atoms with E-state index in [0.717, 1.165) is 54.3 Å². The number of ether oxygens (including phenoxy) is 4. The number of hydrogen-bond donors (Lipinski definition) is 0. The van der Waals surface area contributed by atoms with Gasteiger partial charge in [0.1, 0.15) is 49.7 Å². The van der Waals surface area contributed by atoms with Crippen LogP contribution in [-0.4, -0.2) is 66.8 Å². The van der Waals surface area contributed by atoms with Crippen LogP contribution in [0.5, 0.6) is 11.5 Å². The van der Waals surface area contributed by atoms with E-state index in [1.165, 1.54) is 6.92 Å². The molecule has 0 saturated carbocycles. The lowest BCUT2D eigenvalue weighted by Crippen LogP contribution is -2.48. The first-order valence-corrected chi connectivity index (χ1v) is 17.1. The molecule has 0 aliphatic carbocycles. The molecular weight excluding hydrogens is 667 g/mol. The van der Waals surface area contributed by atoms with Gasteiger partial charge in [-0.3, -0.25) is 9.59 Å². The minimum absolute atomic E-state index is 0.118. The molecule has 0 bridgehead atoms. The maximum atomic E-state index is 11.7. The molecule has 258 valence electrons. The van der Waals surface area contributed by atoms with Crippen molar-refractivity contribution in [3.05, 3.63) is 106 Å². The molecule has 1 aromatic heterocycles. The molecule has 49 heavy (non-hydrogen) atoms. The number of aromatic nitrogens is 2. The van der Waals surface area contributed by atoms with Gasteiger partial charge >= 0.3 is 5.97 Å². The highest BCUT2D eigenvalue weighted by molar-refractivity contribution is 6.35. The Labute approximate surface area is 296 Å². The number of imidazole rings is 1. The summed E-state index contributed by atoms with van der Waals surface area (Å²) in [5.74, 6) is -0.0524. The zero-order valence-electron chi connectivity index (χ0n) is 28.2. The van der Waals surface area contributed by atoms with Crippen molar-refractivity contribution in [2.75, 3.05) is 44.3 Å². The Kier molecular flexibility index (Phi) is 10.5. The van der Waals surface area contributed by atoms with Crippen LogP contribution < -0.4 is 18.9 Å². The molecule has 2 atom stereocenters. The largest absolute Gasteiger partial charge is 0.491 e. The number of carbonyl (C=O) groups excluding carboxylic acids is 2. The van der Waals surface area contributed by atoms with E-state index in [-0.39, 0.29) is 24.6 Å². The molecule has 2 aliphatic rings. The summed E-state index contributed by atoms with van der Waals surface area (Å²) in [6, 6.07) is 17.4. The molecule has 10 nitrogen and oxygen atoms in total. The number of rotatable bonds is 10. The summed E-state index contributed by atoms with van der Waals surface area (Å²) in [6.45, 7) is 11.5. The third-order valence-electron chi connectivity index (χ3n) is 8.83. The third kappa shape index (κ3) is 8.21. The molecule has 0 N–H and O–H groups in total. The van der Waals surface area contributed by atoms with Crippen LogP contribution in [0, 0.1) is 13.8 Å². The zero-order valence-corrected chi connectivity index (χ0v) is 29.7. The fourth-order valence-corrected chi connectivity index (χ4v) is 7.04. The quantitative estimate of drug-likeness (QED) is 0.119. The molecule has 0 radical (unpaired) electrons. The molecule has 3 heterocycles. The van der Waals surface area contributed by atoms with E-state index in [1.807, 2.05) is 84.5 Å². The van der Waals surface area contributed by atoms with Crippen molar-refractivity contribution in [1.29, 1.82) is 0 Å². The van der Waals surface area contributed by atoms with Crippen LogP contribution >= 0.6 is 23.2 Å². The fourth-order valence-electron chi connectivity index (χ4n) is 6.49. The van der Waals surface area contributed by atoms with Gasteiger partial charge in [0, 0.05) is 56.3 Å². The molecule has 2 saturated heterocycles. The average molecular weight is 709 g/mol. The summed E-state index contributed by atoms with van der Waals surface area (Å²) >= 11 is 13.0. The van der Waals surface area contributed by atoms with E-state index < -0.39 is 5.79 Å². The summed E-state index contributed by atoms with van der Waals surface area (Å²) in [5.41, 5.74) is 4.67. The summed E-state index contributed by atoms with van der Waals surface area (Å²) in [7, 11) is 0. The number of amides is 1. The van der Waals surface area contributed by atoms with Crippen molar-refractivity contribution >= 4 is 40.8 Å². The summed E-state index contributed by atoms with van der Waals surface area (Å²) < 4.78 is 28.7. The van der Waals surface area contributed by atoms with Crippen LogP contribution in [0.3, 0.4) is 0 Å². The Morgan fingerprint density at radius 2 is 1.69 bits per heavy atom. The molecule has 2 fully saturated rings. The number of nitrogens with zero attached hydrogens (tertiary/aromatic N) is 4. The Bertz CT molecular complexity index is 1800. The Hall–Kier alpha value is -4.09. The van der Waals surface area contributed by atoms with Gasteiger partial charge in [-0.2, -0.15) is 0 Å². The number of hydrogen-bond acceptors (Lipinski definition) is 7. The smallest absolute Gasteiger partial charge is 0.308 e. The highest BCUT2D eigenvalue weighted by Crippen LogP contribution is 2.40. The summed E-state index contributed by atoms with van der Waals surface area (Å²) in [4.78, 5) is 27.3. The van der Waals surface area contributed by atoms with Gasteiger partial charge in [-0.1, -0.05) is 29.3 Å². The molecular formula is C37H41Cl2N4O6+. The maximum absolute atomic E-state index is 11.7. The van der Waals surface area contributed by atoms with Gasteiger partial charge in [0.15, 0.2) is 0 Å². The van der Waals surface area contributed by atoms with Gasteiger partial charge in [-0.15, -0.1) is 0 Å². The van der Waals surface area contributed by atoms with Gasteiger partial charge in [0.05, 0.1) is 11.6 Å². The summed E-state index contributed by atoms with van der Waals surface area (Å²) in [6.07, 6.45) is 5.60. The van der Waals surface area contributed by atoms with Crippen LogP contribution in [0.1, 0.15) is 36.1 Å². The van der Waals surface area contributed by atoms with Crippen LogP contribution in [0.15, 0.2) is 73.3 Å². The minimum Gasteiger partial charge on any atom is -0.491 e. The van der Waals surface area contributed by atoms with Crippen molar-refractivity contribution in [2.24, 2.45) is 0 Å². The molecule has 1 amide bonds. The molecule has 0 spiro atoms. The van der Waals surface area contributed by atoms with E-state index >= 15 is 0 Å². The van der Waals surface area contributed by atoms with E-state index in [0.29, 0.717) is 41.1 Å². The number of anilines is 1. The van der Waals surface area contributed by atoms with Crippen molar-refractivity contribution in [1.82, 2.24) is 9.47 Å². The average Bonchev–Trinajstić information content (AvgIpc) is 3.68. The second kappa shape index (κ2) is 14.8. The number of aryl methyl sites for hydroxylation is 2. The van der Waals surface area contributed by atoms with Gasteiger partial charge in [0.2, 0.25) is 18.0 Å². The fraction of sp³-hybridized carbons (Fsp3) is 0.378. The highest BCUT2D eigenvalue weighted by atomic mass is 35.5. The molecule has 12 heteroatoms. The minimum atomic E-state index is -1.17. The van der Waals surface area contributed by atoms with Crippen LogP contribution in [0.4, 0.5) is 5.69 Å². The maximum Gasteiger partial charge on any atom is 0.308 e. The first-order chi connectivity index (χ1) is 23.5. The second-order valence-corrected chi connectivity index (χ2v) is 13.5. The lowest BCUT2D eigenvalue weighted by atomic mass is 10.1. The Morgan fingerprint density at radius 3 is 2.35 bits per heavy atom. The van der Waals surface area contributed by atoms with E-state index in [9.17, 15) is 9.59 Å². The standard InChI is InChI=1S/C37H41Cl2N4O6/c1-25-17-29(18-26(2)36(25)48-28(4)45)20-40-11-12-41(24-40)23-37(34-10-5-30(38)19-35(34)39)47-22-33(49-37)21-46-32-8-6-31(7-9-32)43-15-13-42(14-16-43)27(3)44/h5-12,17-19,24,33H,13-16,20-23H2,1-4H3/q+1/t33-,37-/m0/s1. The Balaban J connectivity index is 1.12. The predicted molar refractivity (Wildman–Crippen MR) is 186 cm³/mol. The van der Waals surface area contributed by atoms with Crippen molar-refractivity contribution in [2.45, 2.75) is 52.7 Å². The van der Waals surface area contributed by atoms with Gasteiger partial charge in [-0.05, 0) is 79.1 Å². The summed E-state index contributed by atoms with van der Waals surface area (Å²) in [5, 5.41) is 0.975. The van der Waals surface area contributed by atoms with E-state index in [2.05, 4.69) is 9.47 Å².